The van der Waals surface area contributed by atoms with E-state index in [1.165, 1.54) is 22.4 Å². The van der Waals surface area contributed by atoms with Crippen LogP contribution in [-0.4, -0.2) is 13.6 Å². The van der Waals surface area contributed by atoms with Gasteiger partial charge in [0.2, 0.25) is 0 Å². The van der Waals surface area contributed by atoms with Crippen LogP contribution in [0.1, 0.15) is 16.7 Å². The number of anilines is 1. The number of hydrogen-bond donors (Lipinski definition) is 1. The normalized spacial score (nSPS) is 10.5. The summed E-state index contributed by atoms with van der Waals surface area (Å²) >= 11 is 0. The molecule has 0 spiro atoms. The third kappa shape index (κ3) is 3.58. The molecule has 2 nitrogen and oxygen atoms in total. The molecule has 0 heterocycles. The van der Waals surface area contributed by atoms with Crippen LogP contribution in [0.25, 0.3) is 0 Å². The van der Waals surface area contributed by atoms with Crippen molar-refractivity contribution >= 4 is 5.69 Å². The number of rotatable bonds is 5. The predicted molar refractivity (Wildman–Crippen MR) is 82.5 cm³/mol. The molecule has 0 saturated carbocycles. The van der Waals surface area contributed by atoms with Crippen LogP contribution in [-0.2, 0) is 13.0 Å². The van der Waals surface area contributed by atoms with Crippen molar-refractivity contribution in [3.8, 4) is 0 Å². The van der Waals surface area contributed by atoms with Crippen molar-refractivity contribution in [2.75, 3.05) is 18.5 Å². The fourth-order valence-corrected chi connectivity index (χ4v) is 2.41. The number of hydrogen-bond acceptors (Lipinski definition) is 2. The van der Waals surface area contributed by atoms with Gasteiger partial charge in [-0.15, -0.1) is 0 Å². The first kappa shape index (κ1) is 13.6. The molecule has 0 saturated heterocycles. The Morgan fingerprint density at radius 1 is 1.00 bits per heavy atom. The van der Waals surface area contributed by atoms with E-state index < -0.39 is 0 Å². The monoisotopic (exact) mass is 254 g/mol. The number of benzene rings is 2. The van der Waals surface area contributed by atoms with E-state index in [-0.39, 0.29) is 0 Å². The van der Waals surface area contributed by atoms with E-state index in [0.717, 1.165) is 13.0 Å². The molecule has 0 aromatic heterocycles. The maximum Gasteiger partial charge on any atom is 0.0426 e. The summed E-state index contributed by atoms with van der Waals surface area (Å²) in [5.74, 6) is 0. The zero-order valence-corrected chi connectivity index (χ0v) is 11.8. The first-order valence-electron chi connectivity index (χ1n) is 6.75. The van der Waals surface area contributed by atoms with Crippen LogP contribution in [0.3, 0.4) is 0 Å². The first-order chi connectivity index (χ1) is 9.20. The topological polar surface area (TPSA) is 29.3 Å². The van der Waals surface area contributed by atoms with Gasteiger partial charge in [-0.05, 0) is 42.6 Å². The minimum absolute atomic E-state index is 0.707. The summed E-state index contributed by atoms with van der Waals surface area (Å²) in [5.41, 5.74) is 10.8. The smallest absolute Gasteiger partial charge is 0.0426 e. The number of nitrogens with two attached hydrogens (primary N) is 1. The summed E-state index contributed by atoms with van der Waals surface area (Å²) in [6.07, 6.45) is 0.948. The van der Waals surface area contributed by atoms with Crippen molar-refractivity contribution in [1.82, 2.24) is 0 Å². The Balaban J connectivity index is 2.13. The van der Waals surface area contributed by atoms with Crippen LogP contribution < -0.4 is 10.6 Å². The van der Waals surface area contributed by atoms with E-state index in [1.807, 2.05) is 0 Å². The zero-order valence-electron chi connectivity index (χ0n) is 11.8. The average Bonchev–Trinajstić information content (AvgIpc) is 2.40. The van der Waals surface area contributed by atoms with Crippen molar-refractivity contribution in [3.05, 3.63) is 65.2 Å². The summed E-state index contributed by atoms with van der Waals surface area (Å²) in [6.45, 7) is 3.80. The van der Waals surface area contributed by atoms with E-state index in [2.05, 4.69) is 67.4 Å². The van der Waals surface area contributed by atoms with Crippen molar-refractivity contribution < 1.29 is 0 Å². The Morgan fingerprint density at radius 3 is 2.37 bits per heavy atom. The molecular weight excluding hydrogens is 232 g/mol. The van der Waals surface area contributed by atoms with Gasteiger partial charge in [-0.25, -0.2) is 0 Å². The van der Waals surface area contributed by atoms with Crippen LogP contribution in [0.2, 0.25) is 0 Å². The molecule has 0 radical (unpaired) electrons. The third-order valence-electron chi connectivity index (χ3n) is 3.37. The van der Waals surface area contributed by atoms with Crippen LogP contribution in [0, 0.1) is 6.92 Å². The van der Waals surface area contributed by atoms with Gasteiger partial charge in [-0.3, -0.25) is 0 Å². The van der Waals surface area contributed by atoms with Crippen molar-refractivity contribution in [2.45, 2.75) is 19.9 Å². The molecule has 2 aromatic carbocycles. The second kappa shape index (κ2) is 6.39. The molecule has 0 atom stereocenters. The molecule has 19 heavy (non-hydrogen) atoms. The Hall–Kier alpha value is -1.80. The molecule has 0 aliphatic carbocycles. The first-order valence-corrected chi connectivity index (χ1v) is 6.75. The highest BCUT2D eigenvalue weighted by Gasteiger charge is 2.06. The van der Waals surface area contributed by atoms with Gasteiger partial charge in [0.05, 0.1) is 0 Å². The van der Waals surface area contributed by atoms with E-state index in [9.17, 15) is 0 Å². The van der Waals surface area contributed by atoms with E-state index >= 15 is 0 Å². The summed E-state index contributed by atoms with van der Waals surface area (Å²) in [7, 11) is 2.14. The predicted octanol–water partition coefficient (Wildman–Crippen LogP) is 3.13. The molecule has 0 aliphatic rings. The number of nitrogens with zero attached hydrogens (tertiary/aromatic N) is 1. The SMILES string of the molecule is Cc1cc(CCN)ccc1N(C)Cc1ccccc1. The van der Waals surface area contributed by atoms with Gasteiger partial charge in [0, 0.05) is 19.3 Å². The molecule has 0 aliphatic heterocycles. The molecule has 0 bridgehead atoms. The van der Waals surface area contributed by atoms with Gasteiger partial charge >= 0.3 is 0 Å². The lowest BCUT2D eigenvalue weighted by atomic mass is 10.1. The lowest BCUT2D eigenvalue weighted by Gasteiger charge is -2.22. The zero-order chi connectivity index (χ0) is 13.7. The van der Waals surface area contributed by atoms with E-state index in [1.54, 1.807) is 0 Å². The van der Waals surface area contributed by atoms with Crippen molar-refractivity contribution in [2.24, 2.45) is 5.73 Å². The number of aryl methyl sites for hydroxylation is 1. The standard InChI is InChI=1S/C17H22N2/c1-14-12-15(10-11-18)8-9-17(14)19(2)13-16-6-4-3-5-7-16/h3-9,12H,10-11,13,18H2,1-2H3. The lowest BCUT2D eigenvalue weighted by Crippen LogP contribution is -2.17. The second-order valence-electron chi connectivity index (χ2n) is 5.00. The van der Waals surface area contributed by atoms with Crippen LogP contribution >= 0.6 is 0 Å². The van der Waals surface area contributed by atoms with E-state index in [4.69, 9.17) is 5.73 Å². The minimum atomic E-state index is 0.707. The minimum Gasteiger partial charge on any atom is -0.370 e. The molecule has 0 unspecified atom stereocenters. The fourth-order valence-electron chi connectivity index (χ4n) is 2.41. The quantitative estimate of drug-likeness (QED) is 0.888. The van der Waals surface area contributed by atoms with Crippen molar-refractivity contribution in [3.63, 3.8) is 0 Å². The van der Waals surface area contributed by atoms with Gasteiger partial charge in [-0.1, -0.05) is 42.5 Å². The maximum absolute atomic E-state index is 5.60. The van der Waals surface area contributed by atoms with Gasteiger partial charge in [0.1, 0.15) is 0 Å². The average molecular weight is 254 g/mol. The highest BCUT2D eigenvalue weighted by atomic mass is 15.1. The summed E-state index contributed by atoms with van der Waals surface area (Å²) in [5, 5.41) is 0. The summed E-state index contributed by atoms with van der Waals surface area (Å²) in [6, 6.07) is 17.2. The molecule has 2 N–H and O–H groups in total. The Labute approximate surface area is 115 Å². The van der Waals surface area contributed by atoms with Crippen LogP contribution in [0.4, 0.5) is 5.69 Å². The Bertz CT molecular complexity index is 520. The van der Waals surface area contributed by atoms with Gasteiger partial charge in [0.15, 0.2) is 0 Å². The van der Waals surface area contributed by atoms with Gasteiger partial charge < -0.3 is 10.6 Å². The third-order valence-corrected chi connectivity index (χ3v) is 3.37. The van der Waals surface area contributed by atoms with Crippen LogP contribution in [0.5, 0.6) is 0 Å². The molecule has 2 rings (SSSR count). The van der Waals surface area contributed by atoms with Gasteiger partial charge in [-0.2, -0.15) is 0 Å². The Kier molecular flexibility index (Phi) is 4.58. The Morgan fingerprint density at radius 2 is 1.74 bits per heavy atom. The van der Waals surface area contributed by atoms with Crippen LogP contribution in [0.15, 0.2) is 48.5 Å². The highest BCUT2D eigenvalue weighted by Crippen LogP contribution is 2.22. The second-order valence-corrected chi connectivity index (χ2v) is 5.00. The molecule has 0 amide bonds. The van der Waals surface area contributed by atoms with E-state index in [0.29, 0.717) is 6.54 Å². The largest absolute Gasteiger partial charge is 0.370 e. The van der Waals surface area contributed by atoms with Gasteiger partial charge in [0.25, 0.3) is 0 Å². The molecular formula is C17H22N2. The molecule has 100 valence electrons. The van der Waals surface area contributed by atoms with Crippen molar-refractivity contribution in [1.29, 1.82) is 0 Å². The molecule has 0 fully saturated rings. The fraction of sp³-hybridized carbons (Fsp3) is 0.294. The summed E-state index contributed by atoms with van der Waals surface area (Å²) in [4.78, 5) is 2.29. The highest BCUT2D eigenvalue weighted by molar-refractivity contribution is 5.54. The maximum atomic E-state index is 5.60. The molecule has 2 aromatic rings. The molecule has 2 heteroatoms. The summed E-state index contributed by atoms with van der Waals surface area (Å²) < 4.78 is 0. The lowest BCUT2D eigenvalue weighted by molar-refractivity contribution is 0.912.